The molecule has 222 valence electrons. The number of pyridine rings is 1. The summed E-state index contributed by atoms with van der Waals surface area (Å²) in [5, 5.41) is 3.99. The molecule has 4 heterocycles. The van der Waals surface area contributed by atoms with Crippen molar-refractivity contribution in [3.05, 3.63) is 45.9 Å². The smallest absolute Gasteiger partial charge is 0.410 e. The highest BCUT2D eigenvalue weighted by molar-refractivity contribution is 5.99. The molecule has 3 aromatic rings. The Kier molecular flexibility index (Phi) is 7.06. The van der Waals surface area contributed by atoms with E-state index in [1.54, 1.807) is 22.6 Å². The SMILES string of the molecule is CC(=O)c1c(C)c2cnc(Nc3ccc4c(c3)OCC3CN(C(=O)OC(C)(C)C)CCN43)nc2n(C2CCCC2)c1=O. The van der Waals surface area contributed by atoms with Gasteiger partial charge in [0.1, 0.15) is 23.6 Å². The molecular weight excluding hydrogens is 536 g/mol. The Morgan fingerprint density at radius 2 is 1.88 bits per heavy atom. The molecule has 11 heteroatoms. The highest BCUT2D eigenvalue weighted by atomic mass is 16.6. The van der Waals surface area contributed by atoms with Crippen LogP contribution in [0.2, 0.25) is 0 Å². The quantitative estimate of drug-likeness (QED) is 0.430. The molecular formula is C31H38N6O5. The maximum Gasteiger partial charge on any atom is 0.410 e. The molecule has 1 saturated heterocycles. The Morgan fingerprint density at radius 3 is 2.60 bits per heavy atom. The van der Waals surface area contributed by atoms with Crippen LogP contribution in [0.3, 0.4) is 0 Å². The second kappa shape index (κ2) is 10.6. The van der Waals surface area contributed by atoms with Crippen LogP contribution in [0.4, 0.5) is 22.1 Å². The van der Waals surface area contributed by atoms with E-state index in [0.717, 1.165) is 42.8 Å². The second-order valence-electron chi connectivity index (χ2n) is 12.5. The number of ether oxygens (including phenoxy) is 2. The van der Waals surface area contributed by atoms with Gasteiger partial charge in [-0.15, -0.1) is 0 Å². The molecule has 1 aromatic carbocycles. The molecule has 2 aromatic heterocycles. The number of nitrogens with one attached hydrogen (secondary N) is 1. The maximum absolute atomic E-state index is 13.5. The van der Waals surface area contributed by atoms with Gasteiger partial charge < -0.3 is 24.6 Å². The lowest BCUT2D eigenvalue weighted by Gasteiger charge is -2.45. The maximum atomic E-state index is 13.5. The van der Waals surface area contributed by atoms with Crippen molar-refractivity contribution in [1.82, 2.24) is 19.4 Å². The van der Waals surface area contributed by atoms with Gasteiger partial charge in [0.05, 0.1) is 17.3 Å². The van der Waals surface area contributed by atoms with Crippen LogP contribution in [0, 0.1) is 6.92 Å². The van der Waals surface area contributed by atoms with E-state index < -0.39 is 5.60 Å². The molecule has 1 amide bonds. The van der Waals surface area contributed by atoms with Crippen molar-refractivity contribution in [2.75, 3.05) is 36.5 Å². The Morgan fingerprint density at radius 1 is 1.12 bits per heavy atom. The van der Waals surface area contributed by atoms with E-state index >= 15 is 0 Å². The van der Waals surface area contributed by atoms with Crippen LogP contribution in [-0.2, 0) is 4.74 Å². The molecule has 1 aliphatic carbocycles. The number of anilines is 3. The lowest BCUT2D eigenvalue weighted by molar-refractivity contribution is 0.0195. The predicted octanol–water partition coefficient (Wildman–Crippen LogP) is 4.98. The number of nitrogens with zero attached hydrogens (tertiary/aromatic N) is 5. The van der Waals surface area contributed by atoms with E-state index in [1.165, 1.54) is 6.92 Å². The molecule has 1 saturated carbocycles. The van der Waals surface area contributed by atoms with Crippen molar-refractivity contribution in [3.8, 4) is 5.75 Å². The molecule has 0 bridgehead atoms. The average molecular weight is 575 g/mol. The van der Waals surface area contributed by atoms with Crippen molar-refractivity contribution in [2.45, 2.75) is 78.0 Å². The van der Waals surface area contributed by atoms with Gasteiger partial charge in [0.2, 0.25) is 5.95 Å². The number of hydrogen-bond acceptors (Lipinski definition) is 9. The number of piperazine rings is 1. The van der Waals surface area contributed by atoms with Crippen LogP contribution < -0.4 is 20.5 Å². The Hall–Kier alpha value is -4.15. The Balaban J connectivity index is 1.25. The number of fused-ring (bicyclic) bond motifs is 4. The lowest BCUT2D eigenvalue weighted by atomic mass is 10.0. The highest BCUT2D eigenvalue weighted by Crippen LogP contribution is 2.38. The van der Waals surface area contributed by atoms with E-state index in [1.807, 2.05) is 39.0 Å². The predicted molar refractivity (Wildman–Crippen MR) is 160 cm³/mol. The van der Waals surface area contributed by atoms with Gasteiger partial charge in [0.15, 0.2) is 5.78 Å². The van der Waals surface area contributed by atoms with E-state index in [0.29, 0.717) is 48.8 Å². The molecule has 42 heavy (non-hydrogen) atoms. The van der Waals surface area contributed by atoms with Gasteiger partial charge in [0.25, 0.3) is 5.56 Å². The van der Waals surface area contributed by atoms with Crippen molar-refractivity contribution in [3.63, 3.8) is 0 Å². The number of ketones is 1. The zero-order valence-corrected chi connectivity index (χ0v) is 24.9. The third-order valence-electron chi connectivity index (χ3n) is 8.34. The van der Waals surface area contributed by atoms with Gasteiger partial charge >= 0.3 is 6.09 Å². The normalized spacial score (nSPS) is 18.8. The molecule has 1 N–H and O–H groups in total. The zero-order valence-electron chi connectivity index (χ0n) is 24.9. The molecule has 2 aliphatic heterocycles. The van der Waals surface area contributed by atoms with Crippen molar-refractivity contribution >= 4 is 40.2 Å². The van der Waals surface area contributed by atoms with Gasteiger partial charge in [-0.25, -0.2) is 9.78 Å². The second-order valence-corrected chi connectivity index (χ2v) is 12.5. The fraction of sp³-hybridized carbons (Fsp3) is 0.516. The molecule has 6 rings (SSSR count). The fourth-order valence-electron chi connectivity index (χ4n) is 6.38. The van der Waals surface area contributed by atoms with Gasteiger partial charge in [-0.1, -0.05) is 12.8 Å². The van der Waals surface area contributed by atoms with E-state index in [-0.39, 0.29) is 35.1 Å². The largest absolute Gasteiger partial charge is 0.489 e. The number of benzene rings is 1. The van der Waals surface area contributed by atoms with E-state index in [9.17, 15) is 14.4 Å². The number of aryl methyl sites for hydroxylation is 1. The van der Waals surface area contributed by atoms with E-state index in [4.69, 9.17) is 14.5 Å². The molecule has 11 nitrogen and oxygen atoms in total. The summed E-state index contributed by atoms with van der Waals surface area (Å²) >= 11 is 0. The number of carbonyl (C=O) groups is 2. The van der Waals surface area contributed by atoms with Crippen LogP contribution in [-0.4, -0.2) is 69.2 Å². The number of carbonyl (C=O) groups excluding carboxylic acids is 2. The van der Waals surface area contributed by atoms with Gasteiger partial charge in [0, 0.05) is 49.0 Å². The van der Waals surface area contributed by atoms with Crippen LogP contribution in [0.25, 0.3) is 11.0 Å². The summed E-state index contributed by atoms with van der Waals surface area (Å²) in [5.74, 6) is 0.867. The first-order chi connectivity index (χ1) is 20.0. The fourth-order valence-corrected chi connectivity index (χ4v) is 6.38. The molecule has 1 atom stereocenters. The third-order valence-corrected chi connectivity index (χ3v) is 8.34. The first-order valence-electron chi connectivity index (χ1n) is 14.7. The van der Waals surface area contributed by atoms with Crippen LogP contribution in [0.1, 0.15) is 75.3 Å². The minimum absolute atomic E-state index is 0.0160. The number of rotatable bonds is 4. The summed E-state index contributed by atoms with van der Waals surface area (Å²) in [6.07, 6.45) is 5.26. The van der Waals surface area contributed by atoms with Crippen molar-refractivity contribution in [2.24, 2.45) is 0 Å². The topological polar surface area (TPSA) is 119 Å². The minimum atomic E-state index is -0.535. The van der Waals surface area contributed by atoms with Crippen LogP contribution >= 0.6 is 0 Å². The third kappa shape index (κ3) is 5.16. The summed E-state index contributed by atoms with van der Waals surface area (Å²) in [6.45, 7) is 11.1. The summed E-state index contributed by atoms with van der Waals surface area (Å²) in [7, 11) is 0. The van der Waals surface area contributed by atoms with Gasteiger partial charge in [-0.3, -0.25) is 14.2 Å². The summed E-state index contributed by atoms with van der Waals surface area (Å²) < 4.78 is 13.4. The standard InChI is InChI=1S/C31H38N6O5/c1-18-23-15-32-29(34-27(23)37(21-8-6-7-9-21)28(39)26(18)19(2)38)33-20-10-11-24-25(14-20)41-17-22-16-35(12-13-36(22)24)30(40)42-31(3,4)5/h10-11,14-15,21-22H,6-9,12-13,16-17H2,1-5H3,(H,32,33,34). The average Bonchev–Trinajstić information content (AvgIpc) is 3.46. The van der Waals surface area contributed by atoms with Crippen molar-refractivity contribution in [1.29, 1.82) is 0 Å². The molecule has 1 unspecified atom stereocenters. The first kappa shape index (κ1) is 28.0. The summed E-state index contributed by atoms with van der Waals surface area (Å²) in [4.78, 5) is 51.9. The van der Waals surface area contributed by atoms with Gasteiger partial charge in [-0.05, 0) is 65.2 Å². The van der Waals surface area contributed by atoms with Gasteiger partial charge in [-0.2, -0.15) is 4.98 Å². The number of amides is 1. The van der Waals surface area contributed by atoms with Crippen LogP contribution in [0.5, 0.6) is 5.75 Å². The molecule has 0 radical (unpaired) electrons. The van der Waals surface area contributed by atoms with E-state index in [2.05, 4.69) is 15.2 Å². The van der Waals surface area contributed by atoms with Crippen LogP contribution in [0.15, 0.2) is 29.2 Å². The minimum Gasteiger partial charge on any atom is -0.489 e. The highest BCUT2D eigenvalue weighted by Gasteiger charge is 2.36. The molecule has 3 aliphatic rings. The Labute approximate surface area is 244 Å². The molecule has 2 fully saturated rings. The van der Waals surface area contributed by atoms with Crippen molar-refractivity contribution < 1.29 is 19.1 Å². The summed E-state index contributed by atoms with van der Waals surface area (Å²) in [6, 6.07) is 5.94. The lowest BCUT2D eigenvalue weighted by Crippen LogP contribution is -2.59. The molecule has 0 spiro atoms. The number of aromatic nitrogens is 3. The Bertz CT molecular complexity index is 1620. The monoisotopic (exact) mass is 574 g/mol. The summed E-state index contributed by atoms with van der Waals surface area (Å²) in [5.41, 5.74) is 2.31. The number of Topliss-reactive ketones (excluding diaryl/α,β-unsaturated/α-hetero) is 1. The number of hydrogen-bond donors (Lipinski definition) is 1. The zero-order chi connectivity index (χ0) is 29.8. The first-order valence-corrected chi connectivity index (χ1v) is 14.7.